The number of nitrogens with zero attached hydrogens (tertiary/aromatic N) is 4. The van der Waals surface area contributed by atoms with Gasteiger partial charge in [-0.3, -0.25) is 4.68 Å². The molecule has 0 atom stereocenters. The van der Waals surface area contributed by atoms with E-state index < -0.39 is 0 Å². The van der Waals surface area contributed by atoms with Crippen LogP contribution in [0, 0.1) is 6.92 Å². The highest BCUT2D eigenvalue weighted by molar-refractivity contribution is 6.29. The Bertz CT molecular complexity index is 479. The Morgan fingerprint density at radius 1 is 1.47 bits per heavy atom. The molecule has 0 aliphatic rings. The van der Waals surface area contributed by atoms with Gasteiger partial charge in [0.25, 0.3) is 0 Å². The Balaban J connectivity index is 2.26. The standard InChI is InChI=1S/C9H10ClN5/c1-6-7(5-12-15(6)2)13-9-11-4-3-8(10)14-9/h3-5H,1-2H3,(H,11,13,14). The van der Waals surface area contributed by atoms with E-state index in [0.717, 1.165) is 11.4 Å². The molecule has 0 unspecified atom stereocenters. The predicted octanol–water partition coefficient (Wildman–Crippen LogP) is 1.92. The van der Waals surface area contributed by atoms with Crippen molar-refractivity contribution in [3.63, 3.8) is 0 Å². The van der Waals surface area contributed by atoms with Crippen LogP contribution in [0.4, 0.5) is 11.6 Å². The summed E-state index contributed by atoms with van der Waals surface area (Å²) in [5.41, 5.74) is 1.89. The van der Waals surface area contributed by atoms with E-state index in [1.165, 1.54) is 0 Å². The van der Waals surface area contributed by atoms with Gasteiger partial charge in [0.05, 0.1) is 17.6 Å². The van der Waals surface area contributed by atoms with Crippen molar-refractivity contribution in [3.8, 4) is 0 Å². The zero-order valence-electron chi connectivity index (χ0n) is 8.40. The maximum Gasteiger partial charge on any atom is 0.228 e. The molecule has 5 nitrogen and oxygen atoms in total. The number of halogens is 1. The third kappa shape index (κ3) is 2.07. The van der Waals surface area contributed by atoms with Crippen LogP contribution in [0.3, 0.4) is 0 Å². The van der Waals surface area contributed by atoms with Gasteiger partial charge < -0.3 is 5.32 Å². The Morgan fingerprint density at radius 2 is 2.27 bits per heavy atom. The molecule has 0 fully saturated rings. The number of aromatic nitrogens is 4. The van der Waals surface area contributed by atoms with Crippen LogP contribution in [0.5, 0.6) is 0 Å². The van der Waals surface area contributed by atoms with Crippen LogP contribution in [0.25, 0.3) is 0 Å². The largest absolute Gasteiger partial charge is 0.321 e. The van der Waals surface area contributed by atoms with Gasteiger partial charge in [-0.25, -0.2) is 9.97 Å². The van der Waals surface area contributed by atoms with E-state index >= 15 is 0 Å². The quantitative estimate of drug-likeness (QED) is 0.791. The maximum atomic E-state index is 5.74. The second-order valence-electron chi connectivity index (χ2n) is 3.10. The Labute approximate surface area is 92.1 Å². The van der Waals surface area contributed by atoms with Gasteiger partial charge in [0.15, 0.2) is 0 Å². The lowest BCUT2D eigenvalue weighted by Gasteiger charge is -2.03. The Kier molecular flexibility index (Phi) is 2.55. The molecular weight excluding hydrogens is 214 g/mol. The normalized spacial score (nSPS) is 10.3. The smallest absolute Gasteiger partial charge is 0.228 e. The van der Waals surface area contributed by atoms with Crippen molar-refractivity contribution < 1.29 is 0 Å². The SMILES string of the molecule is Cc1c(Nc2nccc(Cl)n2)cnn1C. The monoisotopic (exact) mass is 223 g/mol. The maximum absolute atomic E-state index is 5.74. The van der Waals surface area contributed by atoms with Crippen LogP contribution in [0.1, 0.15) is 5.69 Å². The van der Waals surface area contributed by atoms with Gasteiger partial charge in [0.1, 0.15) is 5.15 Å². The molecule has 1 N–H and O–H groups in total. The lowest BCUT2D eigenvalue weighted by atomic mass is 10.4. The summed E-state index contributed by atoms with van der Waals surface area (Å²) in [6.07, 6.45) is 3.32. The van der Waals surface area contributed by atoms with Crippen LogP contribution >= 0.6 is 11.6 Å². The minimum Gasteiger partial charge on any atom is -0.321 e. The highest BCUT2D eigenvalue weighted by atomic mass is 35.5. The fourth-order valence-corrected chi connectivity index (χ4v) is 1.28. The summed E-state index contributed by atoms with van der Waals surface area (Å²) in [5, 5.41) is 7.56. The van der Waals surface area contributed by atoms with Gasteiger partial charge in [-0.2, -0.15) is 5.10 Å². The highest BCUT2D eigenvalue weighted by Gasteiger charge is 2.05. The van der Waals surface area contributed by atoms with Gasteiger partial charge in [0, 0.05) is 13.2 Å². The molecule has 0 bridgehead atoms. The first-order valence-electron chi connectivity index (χ1n) is 4.41. The number of nitrogens with one attached hydrogen (secondary N) is 1. The van der Waals surface area contributed by atoms with E-state index in [9.17, 15) is 0 Å². The first-order valence-corrected chi connectivity index (χ1v) is 4.79. The number of anilines is 2. The molecule has 0 aliphatic heterocycles. The molecule has 2 aromatic heterocycles. The molecule has 0 saturated carbocycles. The third-order valence-electron chi connectivity index (χ3n) is 2.10. The molecule has 0 saturated heterocycles. The molecule has 78 valence electrons. The van der Waals surface area contributed by atoms with Crippen molar-refractivity contribution in [1.82, 2.24) is 19.7 Å². The molecule has 0 amide bonds. The van der Waals surface area contributed by atoms with E-state index in [0.29, 0.717) is 11.1 Å². The van der Waals surface area contributed by atoms with E-state index in [2.05, 4.69) is 20.4 Å². The second kappa shape index (κ2) is 3.86. The van der Waals surface area contributed by atoms with Gasteiger partial charge in [-0.1, -0.05) is 11.6 Å². The summed E-state index contributed by atoms with van der Waals surface area (Å²) in [6.45, 7) is 1.96. The Morgan fingerprint density at radius 3 is 2.87 bits per heavy atom. The summed E-state index contributed by atoms with van der Waals surface area (Å²) in [6, 6.07) is 1.63. The molecule has 15 heavy (non-hydrogen) atoms. The fourth-order valence-electron chi connectivity index (χ4n) is 1.14. The number of hydrogen-bond acceptors (Lipinski definition) is 4. The van der Waals surface area contributed by atoms with Crippen molar-refractivity contribution in [2.75, 3.05) is 5.32 Å². The average molecular weight is 224 g/mol. The van der Waals surface area contributed by atoms with E-state index in [1.807, 2.05) is 14.0 Å². The molecular formula is C9H10ClN5. The van der Waals surface area contributed by atoms with Crippen LogP contribution < -0.4 is 5.32 Å². The van der Waals surface area contributed by atoms with E-state index in [1.54, 1.807) is 23.1 Å². The van der Waals surface area contributed by atoms with Gasteiger partial charge in [0.2, 0.25) is 5.95 Å². The minimum atomic E-state index is 0.411. The molecule has 6 heteroatoms. The molecule has 2 rings (SSSR count). The minimum absolute atomic E-state index is 0.411. The van der Waals surface area contributed by atoms with Crippen molar-refractivity contribution in [1.29, 1.82) is 0 Å². The average Bonchev–Trinajstić information content (AvgIpc) is 2.50. The molecule has 0 aliphatic carbocycles. The zero-order valence-corrected chi connectivity index (χ0v) is 9.15. The summed E-state index contributed by atoms with van der Waals surface area (Å²) >= 11 is 5.74. The highest BCUT2D eigenvalue weighted by Crippen LogP contribution is 2.17. The molecule has 2 aromatic rings. The summed E-state index contributed by atoms with van der Waals surface area (Å²) in [5.74, 6) is 0.471. The number of rotatable bonds is 2. The fraction of sp³-hybridized carbons (Fsp3) is 0.222. The van der Waals surface area contributed by atoms with Gasteiger partial charge in [-0.15, -0.1) is 0 Å². The predicted molar refractivity (Wildman–Crippen MR) is 58.3 cm³/mol. The zero-order chi connectivity index (χ0) is 10.8. The van der Waals surface area contributed by atoms with Crippen molar-refractivity contribution in [3.05, 3.63) is 29.3 Å². The number of hydrogen-bond donors (Lipinski definition) is 1. The second-order valence-corrected chi connectivity index (χ2v) is 3.48. The lowest BCUT2D eigenvalue weighted by Crippen LogP contribution is -1.98. The van der Waals surface area contributed by atoms with Crippen molar-refractivity contribution >= 4 is 23.2 Å². The summed E-state index contributed by atoms with van der Waals surface area (Å²) < 4.78 is 1.77. The van der Waals surface area contributed by atoms with Crippen molar-refractivity contribution in [2.45, 2.75) is 6.92 Å². The molecule has 0 aromatic carbocycles. The first kappa shape index (κ1) is 9.92. The van der Waals surface area contributed by atoms with Crippen molar-refractivity contribution in [2.24, 2.45) is 7.05 Å². The Hall–Kier alpha value is -1.62. The summed E-state index contributed by atoms with van der Waals surface area (Å²) in [7, 11) is 1.87. The first-order chi connectivity index (χ1) is 7.16. The van der Waals surface area contributed by atoms with E-state index in [-0.39, 0.29) is 0 Å². The van der Waals surface area contributed by atoms with Crippen LogP contribution in [-0.2, 0) is 7.05 Å². The van der Waals surface area contributed by atoms with Gasteiger partial charge in [-0.05, 0) is 13.0 Å². The molecule has 0 radical (unpaired) electrons. The summed E-state index contributed by atoms with van der Waals surface area (Å²) in [4.78, 5) is 8.07. The van der Waals surface area contributed by atoms with Crippen LogP contribution in [0.2, 0.25) is 5.15 Å². The molecule has 2 heterocycles. The third-order valence-corrected chi connectivity index (χ3v) is 2.31. The molecule has 0 spiro atoms. The van der Waals surface area contributed by atoms with Gasteiger partial charge >= 0.3 is 0 Å². The van der Waals surface area contributed by atoms with E-state index in [4.69, 9.17) is 11.6 Å². The number of aryl methyl sites for hydroxylation is 1. The van der Waals surface area contributed by atoms with Crippen LogP contribution in [-0.4, -0.2) is 19.7 Å². The van der Waals surface area contributed by atoms with Crippen LogP contribution in [0.15, 0.2) is 18.5 Å². The lowest BCUT2D eigenvalue weighted by molar-refractivity contribution is 0.740. The topological polar surface area (TPSA) is 55.6 Å².